The van der Waals surface area contributed by atoms with Gasteiger partial charge in [0.25, 0.3) is 5.91 Å². The van der Waals surface area contributed by atoms with E-state index in [4.69, 9.17) is 0 Å². The van der Waals surface area contributed by atoms with Crippen LogP contribution in [0.4, 0.5) is 5.69 Å². The van der Waals surface area contributed by atoms with E-state index in [2.05, 4.69) is 15.5 Å². The van der Waals surface area contributed by atoms with Crippen molar-refractivity contribution < 1.29 is 9.59 Å². The van der Waals surface area contributed by atoms with Crippen LogP contribution in [-0.4, -0.2) is 42.9 Å². The Hall–Kier alpha value is -1.88. The van der Waals surface area contributed by atoms with Crippen LogP contribution in [0.3, 0.4) is 0 Å². The summed E-state index contributed by atoms with van der Waals surface area (Å²) in [4.78, 5) is 26.5. The zero-order chi connectivity index (χ0) is 17.6. The van der Waals surface area contributed by atoms with Crippen LogP contribution in [0.1, 0.15) is 55.3 Å². The van der Waals surface area contributed by atoms with Crippen LogP contribution in [0.25, 0.3) is 0 Å². The third kappa shape index (κ3) is 5.85. The first-order valence-electron chi connectivity index (χ1n) is 9.49. The second kappa shape index (κ2) is 8.48. The maximum Gasteiger partial charge on any atom is 0.251 e. The van der Waals surface area contributed by atoms with Crippen LogP contribution in [-0.2, 0) is 4.79 Å². The molecule has 5 nitrogen and oxygen atoms in total. The number of hydrogen-bond acceptors (Lipinski definition) is 3. The first-order chi connectivity index (χ1) is 12.1. The summed E-state index contributed by atoms with van der Waals surface area (Å²) in [5, 5.41) is 5.88. The highest BCUT2D eigenvalue weighted by atomic mass is 16.2. The lowest BCUT2D eigenvalue weighted by molar-refractivity contribution is -0.117. The third-order valence-electron chi connectivity index (χ3n) is 5.03. The second-order valence-electron chi connectivity index (χ2n) is 7.58. The van der Waals surface area contributed by atoms with Gasteiger partial charge in [-0.15, -0.1) is 0 Å². The number of carbonyl (C=O) groups excluding carboxylic acids is 2. The van der Waals surface area contributed by atoms with Gasteiger partial charge in [0, 0.05) is 23.8 Å². The number of benzene rings is 1. The van der Waals surface area contributed by atoms with E-state index in [0.29, 0.717) is 23.8 Å². The molecule has 2 amide bonds. The minimum atomic E-state index is -0.0620. The van der Waals surface area contributed by atoms with E-state index in [9.17, 15) is 9.59 Å². The summed E-state index contributed by atoms with van der Waals surface area (Å²) in [6.45, 7) is 1.37. The molecule has 2 aliphatic rings. The van der Waals surface area contributed by atoms with Crippen molar-refractivity contribution in [2.45, 2.75) is 51.0 Å². The molecule has 0 aromatic heterocycles. The van der Waals surface area contributed by atoms with Crippen LogP contribution in [0, 0.1) is 5.92 Å². The quantitative estimate of drug-likeness (QED) is 0.800. The lowest BCUT2D eigenvalue weighted by Crippen LogP contribution is -2.34. The number of hydrogen-bond donors (Lipinski definition) is 2. The Labute approximate surface area is 150 Å². The van der Waals surface area contributed by atoms with Gasteiger partial charge in [0.1, 0.15) is 0 Å². The molecular formula is C20H29N3O2. The Bertz CT molecular complexity index is 607. The van der Waals surface area contributed by atoms with E-state index in [1.165, 1.54) is 32.1 Å². The minimum absolute atomic E-state index is 0.0296. The largest absolute Gasteiger partial charge is 0.349 e. The van der Waals surface area contributed by atoms with Gasteiger partial charge in [-0.3, -0.25) is 14.5 Å². The normalized spacial score (nSPS) is 18.2. The first kappa shape index (κ1) is 17.9. The van der Waals surface area contributed by atoms with Crippen molar-refractivity contribution in [3.05, 3.63) is 29.8 Å². The highest BCUT2D eigenvalue weighted by Crippen LogP contribution is 2.24. The second-order valence-corrected chi connectivity index (χ2v) is 7.58. The van der Waals surface area contributed by atoms with E-state index >= 15 is 0 Å². The van der Waals surface area contributed by atoms with E-state index in [0.717, 1.165) is 25.3 Å². The van der Waals surface area contributed by atoms with Gasteiger partial charge >= 0.3 is 0 Å². The van der Waals surface area contributed by atoms with Crippen molar-refractivity contribution >= 4 is 17.5 Å². The molecule has 2 aliphatic carbocycles. The summed E-state index contributed by atoms with van der Waals surface area (Å²) in [5.74, 6) is 0.632. The number of likely N-dealkylation sites (N-methyl/N-ethyl adjacent to an activating group) is 1. The van der Waals surface area contributed by atoms with E-state index in [1.54, 1.807) is 12.1 Å². The molecule has 0 spiro atoms. The maximum atomic E-state index is 12.3. The summed E-state index contributed by atoms with van der Waals surface area (Å²) in [6, 6.07) is 7.49. The van der Waals surface area contributed by atoms with Crippen molar-refractivity contribution in [3.63, 3.8) is 0 Å². The highest BCUT2D eigenvalue weighted by Gasteiger charge is 2.24. The topological polar surface area (TPSA) is 61.4 Å². The molecule has 3 rings (SSSR count). The van der Waals surface area contributed by atoms with Gasteiger partial charge in [0.2, 0.25) is 5.91 Å². The zero-order valence-electron chi connectivity index (χ0n) is 15.1. The highest BCUT2D eigenvalue weighted by molar-refractivity contribution is 5.97. The van der Waals surface area contributed by atoms with Crippen molar-refractivity contribution in [2.24, 2.45) is 5.92 Å². The predicted octanol–water partition coefficient (Wildman–Crippen LogP) is 3.03. The molecule has 0 unspecified atom stereocenters. The van der Waals surface area contributed by atoms with Crippen LogP contribution < -0.4 is 10.6 Å². The van der Waals surface area contributed by atoms with Crippen molar-refractivity contribution in [3.8, 4) is 0 Å². The Morgan fingerprint density at radius 3 is 2.60 bits per heavy atom. The van der Waals surface area contributed by atoms with Gasteiger partial charge in [-0.25, -0.2) is 0 Å². The number of rotatable bonds is 7. The Morgan fingerprint density at radius 2 is 1.88 bits per heavy atom. The van der Waals surface area contributed by atoms with Gasteiger partial charge in [-0.2, -0.15) is 0 Å². The summed E-state index contributed by atoms with van der Waals surface area (Å²) in [6.07, 6.45) is 8.69. The summed E-state index contributed by atoms with van der Waals surface area (Å²) in [7, 11) is 2.01. The number of carbonyl (C=O) groups is 2. The van der Waals surface area contributed by atoms with Crippen molar-refractivity contribution in [2.75, 3.05) is 25.5 Å². The molecule has 2 fully saturated rings. The van der Waals surface area contributed by atoms with E-state index in [-0.39, 0.29) is 11.8 Å². The Morgan fingerprint density at radius 1 is 1.12 bits per heavy atom. The fourth-order valence-electron chi connectivity index (χ4n) is 3.56. The standard InChI is InChI=1S/C20H29N3O2/c1-23(13-15-6-3-2-4-7-15)14-19(24)21-18-9-5-8-16(12-18)20(25)22-17-10-11-17/h5,8-9,12,15,17H,2-4,6-7,10-11,13-14H2,1H3,(H,21,24)(H,22,25). The van der Waals surface area contributed by atoms with Gasteiger partial charge in [-0.05, 0) is 56.8 Å². The van der Waals surface area contributed by atoms with Gasteiger partial charge in [0.15, 0.2) is 0 Å². The molecular weight excluding hydrogens is 314 g/mol. The molecule has 5 heteroatoms. The number of amides is 2. The molecule has 2 saturated carbocycles. The summed E-state index contributed by atoms with van der Waals surface area (Å²) in [5.41, 5.74) is 1.28. The average molecular weight is 343 g/mol. The SMILES string of the molecule is CN(CC(=O)Nc1cccc(C(=O)NC2CC2)c1)CC1CCCCC1. The Kier molecular flexibility index (Phi) is 6.08. The Balaban J connectivity index is 1.47. The van der Waals surface area contributed by atoms with Crippen LogP contribution in [0.2, 0.25) is 0 Å². The van der Waals surface area contributed by atoms with Crippen LogP contribution >= 0.6 is 0 Å². The van der Waals surface area contributed by atoms with Gasteiger partial charge in [-0.1, -0.05) is 25.3 Å². The monoisotopic (exact) mass is 343 g/mol. The first-order valence-corrected chi connectivity index (χ1v) is 9.49. The van der Waals surface area contributed by atoms with E-state index < -0.39 is 0 Å². The fraction of sp³-hybridized carbons (Fsp3) is 0.600. The lowest BCUT2D eigenvalue weighted by Gasteiger charge is -2.26. The van der Waals surface area contributed by atoms with Crippen LogP contribution in [0.15, 0.2) is 24.3 Å². The molecule has 1 aromatic carbocycles. The average Bonchev–Trinajstić information content (AvgIpc) is 3.39. The molecule has 0 bridgehead atoms. The fourth-order valence-corrected chi connectivity index (χ4v) is 3.56. The van der Waals surface area contributed by atoms with Crippen molar-refractivity contribution in [1.82, 2.24) is 10.2 Å². The maximum absolute atomic E-state index is 12.3. The molecule has 136 valence electrons. The van der Waals surface area contributed by atoms with Gasteiger partial charge in [0.05, 0.1) is 6.54 Å². The predicted molar refractivity (Wildman–Crippen MR) is 99.6 cm³/mol. The van der Waals surface area contributed by atoms with Crippen LogP contribution in [0.5, 0.6) is 0 Å². The molecule has 0 saturated heterocycles. The zero-order valence-corrected chi connectivity index (χ0v) is 15.1. The molecule has 0 atom stereocenters. The molecule has 2 N–H and O–H groups in total. The minimum Gasteiger partial charge on any atom is -0.349 e. The lowest BCUT2D eigenvalue weighted by atomic mass is 9.89. The third-order valence-corrected chi connectivity index (χ3v) is 5.03. The smallest absolute Gasteiger partial charge is 0.251 e. The molecule has 0 aliphatic heterocycles. The van der Waals surface area contributed by atoms with E-state index in [1.807, 2.05) is 19.2 Å². The molecule has 25 heavy (non-hydrogen) atoms. The van der Waals surface area contributed by atoms with Gasteiger partial charge < -0.3 is 10.6 Å². The summed E-state index contributed by atoms with van der Waals surface area (Å²) < 4.78 is 0. The number of anilines is 1. The molecule has 0 heterocycles. The molecule has 0 radical (unpaired) electrons. The number of nitrogens with one attached hydrogen (secondary N) is 2. The summed E-state index contributed by atoms with van der Waals surface area (Å²) >= 11 is 0. The van der Waals surface area contributed by atoms with Crippen molar-refractivity contribution in [1.29, 1.82) is 0 Å². The molecule has 1 aromatic rings. The number of nitrogens with zero attached hydrogens (tertiary/aromatic N) is 1.